The molecule has 0 unspecified atom stereocenters. The molecule has 1 aliphatic rings. The molecule has 1 fully saturated rings. The molecule has 0 bridgehead atoms. The second-order valence-corrected chi connectivity index (χ2v) is 7.59. The van der Waals surface area contributed by atoms with Gasteiger partial charge in [0, 0.05) is 28.7 Å². The van der Waals surface area contributed by atoms with Crippen molar-refractivity contribution in [2.75, 3.05) is 13.6 Å². The van der Waals surface area contributed by atoms with Gasteiger partial charge in [-0.3, -0.25) is 9.69 Å². The summed E-state index contributed by atoms with van der Waals surface area (Å²) in [5.41, 5.74) is 5.39. The molecule has 3 heteroatoms. The van der Waals surface area contributed by atoms with Gasteiger partial charge in [-0.05, 0) is 58.9 Å². The molecule has 0 spiro atoms. The Hall–Kier alpha value is -1.87. The summed E-state index contributed by atoms with van der Waals surface area (Å²) < 4.78 is 2.19. The molecule has 1 saturated carbocycles. The Labute approximate surface area is 151 Å². The molecule has 2 aromatic rings. The van der Waals surface area contributed by atoms with Crippen molar-refractivity contribution in [3.8, 4) is 5.69 Å². The smallest absolute Gasteiger partial charge is 0.178 e. The van der Waals surface area contributed by atoms with E-state index in [2.05, 4.69) is 61.6 Å². The quantitative estimate of drug-likeness (QED) is 0.728. The number of benzene rings is 1. The van der Waals surface area contributed by atoms with Crippen LogP contribution < -0.4 is 0 Å². The fourth-order valence-electron chi connectivity index (χ4n) is 4.10. The van der Waals surface area contributed by atoms with Gasteiger partial charge in [-0.2, -0.15) is 0 Å². The van der Waals surface area contributed by atoms with Crippen molar-refractivity contribution in [1.82, 2.24) is 9.47 Å². The molecule has 1 heterocycles. The van der Waals surface area contributed by atoms with Crippen LogP contribution in [0.25, 0.3) is 5.69 Å². The lowest BCUT2D eigenvalue weighted by Gasteiger charge is -2.30. The Morgan fingerprint density at radius 2 is 1.72 bits per heavy atom. The van der Waals surface area contributed by atoms with Crippen LogP contribution in [0, 0.1) is 20.8 Å². The summed E-state index contributed by atoms with van der Waals surface area (Å²) in [7, 11) is 2.10. The Bertz CT molecular complexity index is 736. The van der Waals surface area contributed by atoms with Crippen LogP contribution >= 0.6 is 0 Å². The Kier molecular flexibility index (Phi) is 5.43. The topological polar surface area (TPSA) is 25.2 Å². The summed E-state index contributed by atoms with van der Waals surface area (Å²) in [5, 5.41) is 0. The Balaban J connectivity index is 1.79. The standard InChI is InChI=1S/C22H30N2O/c1-16-10-12-20(13-11-16)24-17(2)14-21(18(24)3)22(25)15-23(4)19-8-6-5-7-9-19/h10-14,19H,5-9,15H2,1-4H3. The van der Waals surface area contributed by atoms with Crippen LogP contribution in [-0.2, 0) is 0 Å². The van der Waals surface area contributed by atoms with Gasteiger partial charge in [0.05, 0.1) is 6.54 Å². The lowest BCUT2D eigenvalue weighted by molar-refractivity contribution is 0.0899. The maximum atomic E-state index is 12.9. The van der Waals surface area contributed by atoms with Crippen molar-refractivity contribution in [2.24, 2.45) is 0 Å². The third kappa shape index (κ3) is 3.87. The molecule has 0 aliphatic heterocycles. The lowest BCUT2D eigenvalue weighted by atomic mass is 9.94. The van der Waals surface area contributed by atoms with Gasteiger partial charge in [-0.1, -0.05) is 37.0 Å². The van der Waals surface area contributed by atoms with Gasteiger partial charge < -0.3 is 4.57 Å². The monoisotopic (exact) mass is 338 g/mol. The van der Waals surface area contributed by atoms with Crippen molar-refractivity contribution in [3.63, 3.8) is 0 Å². The Morgan fingerprint density at radius 1 is 1.08 bits per heavy atom. The van der Waals surface area contributed by atoms with Gasteiger partial charge in [0.25, 0.3) is 0 Å². The fraction of sp³-hybridized carbons (Fsp3) is 0.500. The van der Waals surface area contributed by atoms with E-state index in [4.69, 9.17) is 0 Å². The van der Waals surface area contributed by atoms with Gasteiger partial charge >= 0.3 is 0 Å². The molecule has 0 amide bonds. The molecule has 0 N–H and O–H groups in total. The van der Waals surface area contributed by atoms with E-state index >= 15 is 0 Å². The number of Topliss-reactive ketones (excluding diaryl/α,β-unsaturated/α-hetero) is 1. The first kappa shape index (κ1) is 17.9. The summed E-state index contributed by atoms with van der Waals surface area (Å²) in [5.74, 6) is 0.236. The van der Waals surface area contributed by atoms with Crippen LogP contribution in [0.2, 0.25) is 0 Å². The number of hydrogen-bond donors (Lipinski definition) is 0. The average molecular weight is 338 g/mol. The molecule has 0 radical (unpaired) electrons. The third-order valence-corrected chi connectivity index (χ3v) is 5.61. The molecular formula is C22H30N2O. The van der Waals surface area contributed by atoms with Gasteiger partial charge in [0.15, 0.2) is 5.78 Å². The zero-order chi connectivity index (χ0) is 18.0. The number of carbonyl (C=O) groups excluding carboxylic acids is 1. The summed E-state index contributed by atoms with van der Waals surface area (Å²) in [6, 6.07) is 11.1. The number of aromatic nitrogens is 1. The minimum absolute atomic E-state index is 0.236. The molecule has 1 aromatic carbocycles. The number of rotatable bonds is 5. The number of aryl methyl sites for hydroxylation is 2. The van der Waals surface area contributed by atoms with E-state index in [-0.39, 0.29) is 5.78 Å². The SMILES string of the molecule is Cc1ccc(-n2c(C)cc(C(=O)CN(C)C3CCCCC3)c2C)cc1. The van der Waals surface area contributed by atoms with Crippen molar-refractivity contribution in [2.45, 2.75) is 58.9 Å². The van der Waals surface area contributed by atoms with E-state index in [9.17, 15) is 4.79 Å². The third-order valence-electron chi connectivity index (χ3n) is 5.61. The zero-order valence-electron chi connectivity index (χ0n) is 16.0. The number of likely N-dealkylation sites (N-methyl/N-ethyl adjacent to an activating group) is 1. The lowest BCUT2D eigenvalue weighted by Crippen LogP contribution is -2.37. The molecule has 0 saturated heterocycles. The number of ketones is 1. The van der Waals surface area contributed by atoms with E-state index in [0.29, 0.717) is 12.6 Å². The number of carbonyl (C=O) groups is 1. The van der Waals surface area contributed by atoms with Crippen molar-refractivity contribution < 1.29 is 4.79 Å². The van der Waals surface area contributed by atoms with Crippen molar-refractivity contribution >= 4 is 5.78 Å². The minimum atomic E-state index is 0.236. The highest BCUT2D eigenvalue weighted by Crippen LogP contribution is 2.24. The molecule has 1 aromatic heterocycles. The van der Waals surface area contributed by atoms with Crippen LogP contribution in [0.5, 0.6) is 0 Å². The number of nitrogens with zero attached hydrogens (tertiary/aromatic N) is 2. The second-order valence-electron chi connectivity index (χ2n) is 7.59. The van der Waals surface area contributed by atoms with Crippen LogP contribution in [0.1, 0.15) is 59.4 Å². The first-order chi connectivity index (χ1) is 12.0. The summed E-state index contributed by atoms with van der Waals surface area (Å²) >= 11 is 0. The summed E-state index contributed by atoms with van der Waals surface area (Å²) in [4.78, 5) is 15.2. The minimum Gasteiger partial charge on any atom is -0.318 e. The van der Waals surface area contributed by atoms with E-state index in [0.717, 1.165) is 22.6 Å². The van der Waals surface area contributed by atoms with Crippen molar-refractivity contribution in [1.29, 1.82) is 0 Å². The van der Waals surface area contributed by atoms with E-state index in [1.54, 1.807) is 0 Å². The highest BCUT2D eigenvalue weighted by molar-refractivity contribution is 5.99. The maximum absolute atomic E-state index is 12.9. The van der Waals surface area contributed by atoms with E-state index in [1.165, 1.54) is 37.7 Å². The predicted octanol–water partition coefficient (Wildman–Crippen LogP) is 4.85. The van der Waals surface area contributed by atoms with E-state index < -0.39 is 0 Å². The normalized spacial score (nSPS) is 15.7. The highest BCUT2D eigenvalue weighted by Gasteiger charge is 2.22. The molecular weight excluding hydrogens is 308 g/mol. The van der Waals surface area contributed by atoms with E-state index in [1.807, 2.05) is 6.07 Å². The molecule has 0 atom stereocenters. The van der Waals surface area contributed by atoms with Gasteiger partial charge in [0.2, 0.25) is 0 Å². The largest absolute Gasteiger partial charge is 0.318 e. The second kappa shape index (κ2) is 7.57. The van der Waals surface area contributed by atoms with Gasteiger partial charge in [-0.25, -0.2) is 0 Å². The van der Waals surface area contributed by atoms with Gasteiger partial charge in [0.1, 0.15) is 0 Å². The molecule has 3 nitrogen and oxygen atoms in total. The van der Waals surface area contributed by atoms with Crippen LogP contribution in [-0.4, -0.2) is 34.9 Å². The molecule has 134 valence electrons. The fourth-order valence-corrected chi connectivity index (χ4v) is 4.10. The maximum Gasteiger partial charge on any atom is 0.178 e. The van der Waals surface area contributed by atoms with Crippen LogP contribution in [0.15, 0.2) is 30.3 Å². The van der Waals surface area contributed by atoms with Crippen LogP contribution in [0.3, 0.4) is 0 Å². The highest BCUT2D eigenvalue weighted by atomic mass is 16.1. The Morgan fingerprint density at radius 3 is 2.36 bits per heavy atom. The molecule has 25 heavy (non-hydrogen) atoms. The molecule has 1 aliphatic carbocycles. The number of hydrogen-bond acceptors (Lipinski definition) is 2. The first-order valence-electron chi connectivity index (χ1n) is 9.47. The first-order valence-corrected chi connectivity index (χ1v) is 9.47. The average Bonchev–Trinajstić information content (AvgIpc) is 2.91. The summed E-state index contributed by atoms with van der Waals surface area (Å²) in [6.45, 7) is 6.74. The van der Waals surface area contributed by atoms with Crippen molar-refractivity contribution in [3.05, 3.63) is 52.8 Å². The zero-order valence-corrected chi connectivity index (χ0v) is 16.0. The van der Waals surface area contributed by atoms with Crippen LogP contribution in [0.4, 0.5) is 0 Å². The van der Waals surface area contributed by atoms with Gasteiger partial charge in [-0.15, -0.1) is 0 Å². The predicted molar refractivity (Wildman–Crippen MR) is 104 cm³/mol. The molecule has 3 rings (SSSR count). The summed E-state index contributed by atoms with van der Waals surface area (Å²) in [6.07, 6.45) is 6.39.